The lowest BCUT2D eigenvalue weighted by Gasteiger charge is -2.35. The van der Waals surface area contributed by atoms with Crippen LogP contribution >= 0.6 is 11.6 Å². The number of rotatable bonds is 2. The van der Waals surface area contributed by atoms with Crippen LogP contribution in [0.15, 0.2) is 42.5 Å². The van der Waals surface area contributed by atoms with E-state index >= 15 is 0 Å². The predicted molar refractivity (Wildman–Crippen MR) is 88.4 cm³/mol. The van der Waals surface area contributed by atoms with Gasteiger partial charge in [0.2, 0.25) is 0 Å². The van der Waals surface area contributed by atoms with Gasteiger partial charge < -0.3 is 10.0 Å². The van der Waals surface area contributed by atoms with Gasteiger partial charge in [0.1, 0.15) is 0 Å². The molecule has 0 aliphatic carbocycles. The Morgan fingerprint density at radius 2 is 1.95 bits per heavy atom. The molecule has 3 rings (SSSR count). The molecular weight excluding hydrogens is 282 g/mol. The van der Waals surface area contributed by atoms with E-state index in [1.54, 1.807) is 6.92 Å². The molecular formula is C18H20ClNO. The summed E-state index contributed by atoms with van der Waals surface area (Å²) in [7, 11) is 0. The number of nitrogens with zero attached hydrogens (tertiary/aromatic N) is 1. The van der Waals surface area contributed by atoms with Crippen molar-refractivity contribution in [1.29, 1.82) is 0 Å². The minimum Gasteiger partial charge on any atom is -0.389 e. The highest BCUT2D eigenvalue weighted by molar-refractivity contribution is 6.33. The molecule has 2 nitrogen and oxygen atoms in total. The third-order valence-corrected chi connectivity index (χ3v) is 4.39. The molecule has 2 aromatic rings. The van der Waals surface area contributed by atoms with Crippen molar-refractivity contribution in [3.8, 4) is 0 Å². The third kappa shape index (κ3) is 2.78. The first kappa shape index (κ1) is 14.4. The van der Waals surface area contributed by atoms with E-state index in [4.69, 9.17) is 11.6 Å². The van der Waals surface area contributed by atoms with Gasteiger partial charge in [0.05, 0.1) is 16.8 Å². The summed E-state index contributed by atoms with van der Waals surface area (Å²) in [4.78, 5) is 2.29. The van der Waals surface area contributed by atoms with Crippen LogP contribution in [0.25, 0.3) is 0 Å². The molecule has 1 N–H and O–H groups in total. The standard InChI is InChI=1S/C18H20ClNO/c1-12-9-15-5-3-4-6-17(15)20(11-12)18-8-7-14(13(2)21)10-16(18)19/h3-8,10,12-13,21H,9,11H2,1-2H3. The maximum absolute atomic E-state index is 9.68. The zero-order valence-corrected chi connectivity index (χ0v) is 13.1. The SMILES string of the molecule is CC1Cc2ccccc2N(c2ccc(C(C)O)cc2Cl)C1. The molecule has 1 aliphatic rings. The predicted octanol–water partition coefficient (Wildman–Crippen LogP) is 4.72. The smallest absolute Gasteiger partial charge is 0.0762 e. The minimum absolute atomic E-state index is 0.496. The number of hydrogen-bond acceptors (Lipinski definition) is 2. The summed E-state index contributed by atoms with van der Waals surface area (Å²) < 4.78 is 0. The van der Waals surface area contributed by atoms with Crippen LogP contribution in [0, 0.1) is 5.92 Å². The normalized spacial score (nSPS) is 19.2. The van der Waals surface area contributed by atoms with E-state index in [0.29, 0.717) is 10.9 Å². The molecule has 0 saturated heterocycles. The number of halogens is 1. The maximum atomic E-state index is 9.68. The average Bonchev–Trinajstić information content (AvgIpc) is 2.46. The fourth-order valence-electron chi connectivity index (χ4n) is 3.03. The van der Waals surface area contributed by atoms with Crippen molar-refractivity contribution >= 4 is 23.0 Å². The van der Waals surface area contributed by atoms with Crippen molar-refractivity contribution in [2.45, 2.75) is 26.4 Å². The van der Waals surface area contributed by atoms with Gasteiger partial charge in [-0.3, -0.25) is 0 Å². The largest absolute Gasteiger partial charge is 0.389 e. The van der Waals surface area contributed by atoms with Crippen LogP contribution in [-0.2, 0) is 6.42 Å². The van der Waals surface area contributed by atoms with E-state index in [1.807, 2.05) is 18.2 Å². The minimum atomic E-state index is -0.496. The highest BCUT2D eigenvalue weighted by atomic mass is 35.5. The molecule has 2 unspecified atom stereocenters. The van der Waals surface area contributed by atoms with E-state index in [2.05, 4.69) is 36.1 Å². The zero-order chi connectivity index (χ0) is 15.0. The van der Waals surface area contributed by atoms with Crippen molar-refractivity contribution < 1.29 is 5.11 Å². The van der Waals surface area contributed by atoms with Gasteiger partial charge in [0, 0.05) is 12.2 Å². The van der Waals surface area contributed by atoms with Gasteiger partial charge >= 0.3 is 0 Å². The Kier molecular flexibility index (Phi) is 3.92. The van der Waals surface area contributed by atoms with Crippen LogP contribution in [0.5, 0.6) is 0 Å². The Balaban J connectivity index is 2.04. The number of hydrogen-bond donors (Lipinski definition) is 1. The third-order valence-electron chi connectivity index (χ3n) is 4.09. The molecule has 1 aliphatic heterocycles. The van der Waals surface area contributed by atoms with Gasteiger partial charge in [-0.25, -0.2) is 0 Å². The van der Waals surface area contributed by atoms with E-state index in [9.17, 15) is 5.11 Å². The topological polar surface area (TPSA) is 23.5 Å². The Labute approximate surface area is 131 Å². The lowest BCUT2D eigenvalue weighted by Crippen LogP contribution is -2.30. The van der Waals surface area contributed by atoms with Gasteiger partial charge in [-0.15, -0.1) is 0 Å². The van der Waals surface area contributed by atoms with Crippen molar-refractivity contribution in [3.05, 3.63) is 58.6 Å². The van der Waals surface area contributed by atoms with Crippen LogP contribution in [-0.4, -0.2) is 11.7 Å². The summed E-state index contributed by atoms with van der Waals surface area (Å²) in [5.74, 6) is 0.590. The highest BCUT2D eigenvalue weighted by Gasteiger charge is 2.24. The van der Waals surface area contributed by atoms with Crippen LogP contribution in [0.2, 0.25) is 5.02 Å². The summed E-state index contributed by atoms with van der Waals surface area (Å²) >= 11 is 6.47. The second-order valence-electron chi connectivity index (χ2n) is 5.94. The molecule has 0 fully saturated rings. The molecule has 2 atom stereocenters. The highest BCUT2D eigenvalue weighted by Crippen LogP contribution is 2.39. The molecule has 3 heteroatoms. The van der Waals surface area contributed by atoms with E-state index in [-0.39, 0.29) is 0 Å². The van der Waals surface area contributed by atoms with Crippen molar-refractivity contribution in [2.24, 2.45) is 5.92 Å². The molecule has 0 saturated carbocycles. The summed E-state index contributed by atoms with van der Waals surface area (Å²) in [5, 5.41) is 10.4. The quantitative estimate of drug-likeness (QED) is 0.867. The molecule has 110 valence electrons. The van der Waals surface area contributed by atoms with Crippen molar-refractivity contribution in [3.63, 3.8) is 0 Å². The van der Waals surface area contributed by atoms with Crippen molar-refractivity contribution in [2.75, 3.05) is 11.4 Å². The van der Waals surface area contributed by atoms with Gasteiger partial charge in [-0.1, -0.05) is 42.8 Å². The molecule has 2 aromatic carbocycles. The van der Waals surface area contributed by atoms with E-state index in [0.717, 1.165) is 24.2 Å². The molecule has 21 heavy (non-hydrogen) atoms. The summed E-state index contributed by atoms with van der Waals surface area (Å²) in [6.07, 6.45) is 0.611. The van der Waals surface area contributed by atoms with Gasteiger partial charge in [0.25, 0.3) is 0 Å². The van der Waals surface area contributed by atoms with Crippen LogP contribution in [0.4, 0.5) is 11.4 Å². The average molecular weight is 302 g/mol. The first-order valence-electron chi connectivity index (χ1n) is 7.39. The summed E-state index contributed by atoms with van der Waals surface area (Å²) in [6, 6.07) is 14.3. The number of anilines is 2. The molecule has 0 radical (unpaired) electrons. The van der Waals surface area contributed by atoms with Crippen LogP contribution in [0.1, 0.15) is 31.1 Å². The Morgan fingerprint density at radius 3 is 2.67 bits per heavy atom. The maximum Gasteiger partial charge on any atom is 0.0762 e. The Morgan fingerprint density at radius 1 is 1.19 bits per heavy atom. The van der Waals surface area contributed by atoms with Gasteiger partial charge in [0.15, 0.2) is 0 Å². The van der Waals surface area contributed by atoms with Gasteiger partial charge in [-0.2, -0.15) is 0 Å². The Bertz CT molecular complexity index is 653. The fraction of sp³-hybridized carbons (Fsp3) is 0.333. The summed E-state index contributed by atoms with van der Waals surface area (Å²) in [5.41, 5.74) is 4.47. The van der Waals surface area contributed by atoms with Crippen LogP contribution in [0.3, 0.4) is 0 Å². The number of aliphatic hydroxyl groups excluding tert-OH is 1. The lowest BCUT2D eigenvalue weighted by molar-refractivity contribution is 0.199. The van der Waals surface area contributed by atoms with E-state index in [1.165, 1.54) is 11.3 Å². The molecule has 0 bridgehead atoms. The second-order valence-corrected chi connectivity index (χ2v) is 6.34. The molecule has 1 heterocycles. The number of fused-ring (bicyclic) bond motifs is 1. The number of aliphatic hydroxyl groups is 1. The summed E-state index contributed by atoms with van der Waals surface area (Å²) in [6.45, 7) is 4.98. The first-order valence-corrected chi connectivity index (χ1v) is 7.77. The Hall–Kier alpha value is -1.51. The fourth-order valence-corrected chi connectivity index (χ4v) is 3.32. The second kappa shape index (κ2) is 5.70. The number of benzene rings is 2. The van der Waals surface area contributed by atoms with E-state index < -0.39 is 6.10 Å². The molecule has 0 amide bonds. The lowest BCUT2D eigenvalue weighted by atomic mass is 9.93. The zero-order valence-electron chi connectivity index (χ0n) is 12.4. The molecule has 0 spiro atoms. The van der Waals surface area contributed by atoms with Crippen molar-refractivity contribution in [1.82, 2.24) is 0 Å². The number of para-hydroxylation sites is 1. The van der Waals surface area contributed by atoms with Gasteiger partial charge in [-0.05, 0) is 48.6 Å². The van der Waals surface area contributed by atoms with Crippen LogP contribution < -0.4 is 4.90 Å². The molecule has 0 aromatic heterocycles. The first-order chi connectivity index (χ1) is 10.1. The monoisotopic (exact) mass is 301 g/mol.